The third-order valence-electron chi connectivity index (χ3n) is 6.93. The molecule has 0 amide bonds. The zero-order chi connectivity index (χ0) is 25.5. The van der Waals surface area contributed by atoms with Crippen LogP contribution >= 0.6 is 0 Å². The molecule has 0 radical (unpaired) electrons. The van der Waals surface area contributed by atoms with Gasteiger partial charge >= 0.3 is 6.18 Å². The molecule has 0 bridgehead atoms. The molecule has 0 unspecified atom stereocenters. The molecule has 1 fully saturated rings. The highest BCUT2D eigenvalue weighted by molar-refractivity contribution is 5.88. The Morgan fingerprint density at radius 3 is 2.39 bits per heavy atom. The van der Waals surface area contributed by atoms with E-state index in [-0.39, 0.29) is 11.3 Å². The third-order valence-corrected chi connectivity index (χ3v) is 6.93. The monoisotopic (exact) mass is 494 g/mol. The number of benzene rings is 3. The Kier molecular flexibility index (Phi) is 8.36. The molecule has 0 saturated heterocycles. The van der Waals surface area contributed by atoms with Gasteiger partial charge < -0.3 is 4.74 Å². The highest BCUT2D eigenvalue weighted by Crippen LogP contribution is 2.33. The minimum atomic E-state index is -4.48. The van der Waals surface area contributed by atoms with E-state index in [2.05, 4.69) is 47.4 Å². The van der Waals surface area contributed by atoms with Crippen molar-refractivity contribution in [3.63, 3.8) is 0 Å². The summed E-state index contributed by atoms with van der Waals surface area (Å²) >= 11 is 0. The fraction of sp³-hybridized carbons (Fsp3) is 0.355. The molecule has 0 aliphatic heterocycles. The predicted molar refractivity (Wildman–Crippen MR) is 136 cm³/mol. The van der Waals surface area contributed by atoms with Gasteiger partial charge in [-0.3, -0.25) is 0 Å². The molecule has 188 valence electrons. The summed E-state index contributed by atoms with van der Waals surface area (Å²) in [4.78, 5) is 0. The van der Waals surface area contributed by atoms with Crippen LogP contribution in [0.3, 0.4) is 0 Å². The van der Waals surface area contributed by atoms with Crippen LogP contribution in [0.2, 0.25) is 0 Å². The molecule has 1 saturated carbocycles. The van der Waals surface area contributed by atoms with Gasteiger partial charge in [0.1, 0.15) is 11.6 Å². The first kappa shape index (κ1) is 25.8. The van der Waals surface area contributed by atoms with E-state index in [0.717, 1.165) is 47.1 Å². The Morgan fingerprint density at radius 1 is 0.917 bits per heavy atom. The maximum Gasteiger partial charge on any atom is 0.422 e. The van der Waals surface area contributed by atoms with Gasteiger partial charge in [-0.2, -0.15) is 13.2 Å². The molecule has 3 aromatic rings. The Hall–Kier alpha value is -3.26. The highest BCUT2D eigenvalue weighted by atomic mass is 19.4. The maximum absolute atomic E-state index is 14.4. The van der Waals surface area contributed by atoms with Gasteiger partial charge in [0.2, 0.25) is 0 Å². The molecule has 0 aromatic heterocycles. The van der Waals surface area contributed by atoms with Crippen LogP contribution in [0, 0.1) is 29.5 Å². The first-order chi connectivity index (χ1) is 17.3. The lowest BCUT2D eigenvalue weighted by Gasteiger charge is -2.27. The number of halogens is 4. The third kappa shape index (κ3) is 7.13. The second kappa shape index (κ2) is 11.6. The first-order valence-corrected chi connectivity index (χ1v) is 12.4. The molecule has 36 heavy (non-hydrogen) atoms. The molecule has 3 aromatic carbocycles. The van der Waals surface area contributed by atoms with Crippen molar-refractivity contribution in [2.24, 2.45) is 11.8 Å². The van der Waals surface area contributed by atoms with Crippen LogP contribution in [0.1, 0.15) is 55.2 Å². The van der Waals surface area contributed by atoms with Gasteiger partial charge in [0.25, 0.3) is 0 Å². The zero-order valence-corrected chi connectivity index (χ0v) is 20.2. The number of allylic oxidation sites excluding steroid dienone is 1. The number of rotatable bonds is 7. The predicted octanol–water partition coefficient (Wildman–Crippen LogP) is 8.63. The summed E-state index contributed by atoms with van der Waals surface area (Å²) in [5.74, 6) is 6.53. The topological polar surface area (TPSA) is 9.23 Å². The molecule has 0 heterocycles. The summed E-state index contributed by atoms with van der Waals surface area (Å²) in [5.41, 5.74) is 2.18. The number of hydrogen-bond donors (Lipinski definition) is 0. The summed E-state index contributed by atoms with van der Waals surface area (Å²) in [6.07, 6.45) is 6.17. The lowest BCUT2D eigenvalue weighted by molar-refractivity contribution is -0.153. The molecule has 0 N–H and O–H groups in total. The average molecular weight is 495 g/mol. The summed E-state index contributed by atoms with van der Waals surface area (Å²) in [6.45, 7) is 2.40. The van der Waals surface area contributed by atoms with Crippen molar-refractivity contribution in [3.8, 4) is 17.6 Å². The largest absolute Gasteiger partial charge is 0.484 e. The van der Waals surface area contributed by atoms with E-state index in [1.807, 2.05) is 18.2 Å². The lowest BCUT2D eigenvalue weighted by atomic mass is 9.78. The summed E-state index contributed by atoms with van der Waals surface area (Å²) < 4.78 is 55.9. The van der Waals surface area contributed by atoms with Crippen LogP contribution in [-0.2, 0) is 6.42 Å². The zero-order valence-electron chi connectivity index (χ0n) is 20.2. The van der Waals surface area contributed by atoms with Gasteiger partial charge in [-0.1, -0.05) is 61.1 Å². The Balaban J connectivity index is 1.42. The van der Waals surface area contributed by atoms with Crippen molar-refractivity contribution in [1.82, 2.24) is 0 Å². The smallest absolute Gasteiger partial charge is 0.422 e. The number of hydrogen-bond acceptors (Lipinski definition) is 1. The minimum Gasteiger partial charge on any atom is -0.484 e. The quantitative estimate of drug-likeness (QED) is 0.181. The van der Waals surface area contributed by atoms with Gasteiger partial charge in [0, 0.05) is 11.6 Å². The Morgan fingerprint density at radius 2 is 1.67 bits per heavy atom. The average Bonchev–Trinajstić information content (AvgIpc) is 2.86. The molecule has 1 aliphatic carbocycles. The summed E-state index contributed by atoms with van der Waals surface area (Å²) in [7, 11) is 0. The standard InChI is InChI=1S/C31H30F4O/c1-2-4-22-7-9-23(10-8-22)11-12-24-13-18-29-25(5-3-6-27(29)19-24)14-15-26-16-17-28(20-30(26)32)36-21-31(33,34)35/h2-3,5-6,13,16-20,22-23H,1,4,7-12,21H2. The highest BCUT2D eigenvalue weighted by Gasteiger charge is 2.28. The Labute approximate surface area is 210 Å². The normalized spacial score (nSPS) is 17.9. The van der Waals surface area contributed by atoms with Crippen LogP contribution in [0.4, 0.5) is 17.6 Å². The molecule has 0 atom stereocenters. The van der Waals surface area contributed by atoms with Crippen LogP contribution < -0.4 is 4.74 Å². The number of ether oxygens (including phenoxy) is 1. The Bertz CT molecular complexity index is 1260. The molecular formula is C31H30F4O. The number of aryl methyl sites for hydroxylation is 1. The van der Waals surface area contributed by atoms with Crippen molar-refractivity contribution in [2.45, 2.75) is 51.1 Å². The first-order valence-electron chi connectivity index (χ1n) is 12.4. The van der Waals surface area contributed by atoms with Crippen molar-refractivity contribution >= 4 is 10.8 Å². The van der Waals surface area contributed by atoms with Gasteiger partial charge in [-0.25, -0.2) is 4.39 Å². The molecular weight excluding hydrogens is 464 g/mol. The van der Waals surface area contributed by atoms with Gasteiger partial charge in [-0.15, -0.1) is 6.58 Å². The second-order valence-electron chi connectivity index (χ2n) is 9.61. The minimum absolute atomic E-state index is 0.103. The van der Waals surface area contributed by atoms with E-state index in [9.17, 15) is 17.6 Å². The second-order valence-corrected chi connectivity index (χ2v) is 9.61. The van der Waals surface area contributed by atoms with Gasteiger partial charge in [-0.05, 0) is 78.5 Å². The van der Waals surface area contributed by atoms with Crippen molar-refractivity contribution < 1.29 is 22.3 Å². The molecule has 1 nitrogen and oxygen atoms in total. The lowest BCUT2D eigenvalue weighted by Crippen LogP contribution is -2.19. The van der Waals surface area contributed by atoms with Crippen molar-refractivity contribution in [2.75, 3.05) is 6.61 Å². The summed E-state index contributed by atoms with van der Waals surface area (Å²) in [5, 5.41) is 2.08. The van der Waals surface area contributed by atoms with Crippen molar-refractivity contribution in [1.29, 1.82) is 0 Å². The van der Waals surface area contributed by atoms with Crippen molar-refractivity contribution in [3.05, 3.63) is 89.8 Å². The number of alkyl halides is 3. The van der Waals surface area contributed by atoms with Gasteiger partial charge in [0.05, 0.1) is 5.56 Å². The molecule has 4 rings (SSSR count). The van der Waals surface area contributed by atoms with Crippen LogP contribution in [0.25, 0.3) is 10.8 Å². The number of fused-ring (bicyclic) bond motifs is 1. The summed E-state index contributed by atoms with van der Waals surface area (Å²) in [6, 6.07) is 15.8. The molecule has 5 heteroatoms. The van der Waals surface area contributed by atoms with Gasteiger partial charge in [0.15, 0.2) is 6.61 Å². The molecule has 1 aliphatic rings. The SMILES string of the molecule is C=CCC1CCC(CCc2ccc3c(C#Cc4ccc(OCC(F)(F)F)cc4F)cccc3c2)CC1. The van der Waals surface area contributed by atoms with E-state index in [1.54, 1.807) is 0 Å². The maximum atomic E-state index is 14.4. The van der Waals surface area contributed by atoms with Crippen LogP contribution in [-0.4, -0.2) is 12.8 Å². The fourth-order valence-electron chi connectivity index (χ4n) is 4.95. The fourth-order valence-corrected chi connectivity index (χ4v) is 4.95. The van der Waals surface area contributed by atoms with E-state index in [1.165, 1.54) is 49.8 Å². The van der Waals surface area contributed by atoms with E-state index in [4.69, 9.17) is 0 Å². The van der Waals surface area contributed by atoms with E-state index < -0.39 is 18.6 Å². The molecule has 0 spiro atoms. The van der Waals surface area contributed by atoms with Crippen LogP contribution in [0.5, 0.6) is 5.75 Å². The van der Waals surface area contributed by atoms with Crippen LogP contribution in [0.15, 0.2) is 67.3 Å². The van der Waals surface area contributed by atoms with E-state index in [0.29, 0.717) is 0 Å². The van der Waals surface area contributed by atoms with E-state index >= 15 is 0 Å².